The Hall–Kier alpha value is -1.47. The summed E-state index contributed by atoms with van der Waals surface area (Å²) >= 11 is 4.56. The molecule has 7 heteroatoms. The van der Waals surface area contributed by atoms with E-state index in [1.54, 1.807) is 37.3 Å². The van der Waals surface area contributed by atoms with Crippen molar-refractivity contribution in [3.05, 3.63) is 30.3 Å². The number of benzene rings is 1. The average Bonchev–Trinajstić information content (AvgIpc) is 2.27. The molecule has 0 aliphatic heterocycles. The molecule has 0 saturated carbocycles. The third-order valence-corrected chi connectivity index (χ3v) is 3.74. The van der Waals surface area contributed by atoms with E-state index in [1.807, 2.05) is 0 Å². The molecule has 0 fully saturated rings. The zero-order valence-corrected chi connectivity index (χ0v) is 10.9. The summed E-state index contributed by atoms with van der Waals surface area (Å²) in [7, 11) is -3.36. The van der Waals surface area contributed by atoms with E-state index in [9.17, 15) is 8.42 Å². The molecule has 1 aromatic carbocycles. The number of nitrogens with zero attached hydrogens (tertiary/aromatic N) is 1. The molecule has 5 nitrogen and oxygen atoms in total. The molecule has 0 radical (unpaired) electrons. The lowest BCUT2D eigenvalue weighted by molar-refractivity contribution is 0.599. The fourth-order valence-corrected chi connectivity index (χ4v) is 2.57. The molecule has 0 atom stereocenters. The summed E-state index contributed by atoms with van der Waals surface area (Å²) in [4.78, 5) is 0.268. The third-order valence-electron chi connectivity index (χ3n) is 1.86. The first-order valence-electron chi connectivity index (χ1n) is 4.78. The van der Waals surface area contributed by atoms with Gasteiger partial charge in [-0.2, -0.15) is 5.10 Å². The van der Waals surface area contributed by atoms with Gasteiger partial charge in [0.1, 0.15) is 0 Å². The molecule has 0 saturated heterocycles. The summed E-state index contributed by atoms with van der Waals surface area (Å²) in [5, 5.41) is 3.76. The molecule has 0 aliphatic rings. The quantitative estimate of drug-likeness (QED) is 0.477. The second-order valence-corrected chi connectivity index (χ2v) is 5.82. The van der Waals surface area contributed by atoms with Crippen LogP contribution in [0, 0.1) is 0 Å². The summed E-state index contributed by atoms with van der Waals surface area (Å²) in [6, 6.07) is 8.20. The van der Waals surface area contributed by atoms with Gasteiger partial charge in [-0.3, -0.25) is 5.43 Å². The van der Waals surface area contributed by atoms with Crippen LogP contribution in [0.25, 0.3) is 0 Å². The van der Waals surface area contributed by atoms with Crippen molar-refractivity contribution in [2.45, 2.75) is 11.8 Å². The van der Waals surface area contributed by atoms with Gasteiger partial charge in [-0.05, 0) is 31.3 Å². The highest BCUT2D eigenvalue weighted by atomic mass is 32.2. The van der Waals surface area contributed by atoms with E-state index in [0.29, 0.717) is 5.71 Å². The molecule has 17 heavy (non-hydrogen) atoms. The molecule has 1 aromatic rings. The maximum absolute atomic E-state index is 11.9. The Morgan fingerprint density at radius 3 is 2.53 bits per heavy atom. The number of sulfone groups is 1. The second-order valence-electron chi connectivity index (χ2n) is 3.40. The van der Waals surface area contributed by atoms with Gasteiger partial charge in [-0.25, -0.2) is 8.42 Å². The van der Waals surface area contributed by atoms with E-state index in [4.69, 9.17) is 5.73 Å². The zero-order chi connectivity index (χ0) is 12.9. The predicted octanol–water partition coefficient (Wildman–Crippen LogP) is 0.669. The van der Waals surface area contributed by atoms with Crippen molar-refractivity contribution < 1.29 is 8.42 Å². The zero-order valence-electron chi connectivity index (χ0n) is 9.25. The van der Waals surface area contributed by atoms with Crippen molar-refractivity contribution in [3.8, 4) is 0 Å². The van der Waals surface area contributed by atoms with E-state index in [-0.39, 0.29) is 15.8 Å². The molecule has 3 N–H and O–H groups in total. The lowest BCUT2D eigenvalue weighted by atomic mass is 10.4. The number of nitrogens with two attached hydrogens (primary N) is 1. The molecule has 0 aromatic heterocycles. The van der Waals surface area contributed by atoms with Crippen molar-refractivity contribution in [2.24, 2.45) is 10.8 Å². The Labute approximate surface area is 106 Å². The minimum Gasteiger partial charge on any atom is -0.375 e. The first kappa shape index (κ1) is 13.6. The number of hydrogen-bond acceptors (Lipinski definition) is 4. The predicted molar refractivity (Wildman–Crippen MR) is 71.5 cm³/mol. The maximum atomic E-state index is 11.9. The maximum Gasteiger partial charge on any atom is 0.184 e. The van der Waals surface area contributed by atoms with Gasteiger partial charge in [0.25, 0.3) is 0 Å². The van der Waals surface area contributed by atoms with Crippen LogP contribution in [-0.4, -0.2) is 25.0 Å². The first-order valence-corrected chi connectivity index (χ1v) is 6.84. The van der Waals surface area contributed by atoms with Gasteiger partial charge in [0, 0.05) is 0 Å². The van der Waals surface area contributed by atoms with Crippen LogP contribution in [0.15, 0.2) is 40.3 Å². The Morgan fingerprint density at radius 1 is 1.41 bits per heavy atom. The molecule has 1 rings (SSSR count). The number of rotatable bonds is 4. The third kappa shape index (κ3) is 4.49. The van der Waals surface area contributed by atoms with Crippen LogP contribution in [-0.2, 0) is 9.84 Å². The van der Waals surface area contributed by atoms with Gasteiger partial charge >= 0.3 is 0 Å². The SMILES string of the molecule is C/C(CS(=O)(=O)c1ccccc1)=N\NC(N)=S. The number of thiocarbonyl (C=S) groups is 1. The van der Waals surface area contributed by atoms with Crippen molar-refractivity contribution in [2.75, 3.05) is 5.75 Å². The minimum absolute atomic E-state index is 0.00135. The number of hydrazone groups is 1. The monoisotopic (exact) mass is 271 g/mol. The minimum atomic E-state index is -3.36. The molecule has 0 spiro atoms. The van der Waals surface area contributed by atoms with Crippen molar-refractivity contribution in [1.82, 2.24) is 5.43 Å². The van der Waals surface area contributed by atoms with Crippen molar-refractivity contribution in [3.63, 3.8) is 0 Å². The van der Waals surface area contributed by atoms with E-state index >= 15 is 0 Å². The van der Waals surface area contributed by atoms with Gasteiger partial charge in [0.15, 0.2) is 14.9 Å². The highest BCUT2D eigenvalue weighted by molar-refractivity contribution is 7.92. The van der Waals surface area contributed by atoms with Crippen LogP contribution in [0.4, 0.5) is 0 Å². The molecule has 0 amide bonds. The van der Waals surface area contributed by atoms with Gasteiger partial charge in [-0.1, -0.05) is 18.2 Å². The molecule has 0 aliphatic carbocycles. The van der Waals surface area contributed by atoms with Gasteiger partial charge in [-0.15, -0.1) is 0 Å². The van der Waals surface area contributed by atoms with Crippen LogP contribution >= 0.6 is 12.2 Å². The highest BCUT2D eigenvalue weighted by Gasteiger charge is 2.15. The molecular formula is C10H13N3O2S2. The summed E-state index contributed by atoms with van der Waals surface area (Å²) < 4.78 is 23.8. The molecule has 0 bridgehead atoms. The van der Waals surface area contributed by atoms with Crippen LogP contribution < -0.4 is 11.2 Å². The van der Waals surface area contributed by atoms with Crippen molar-refractivity contribution >= 4 is 32.9 Å². The summed E-state index contributed by atoms with van der Waals surface area (Å²) in [6.07, 6.45) is 0. The van der Waals surface area contributed by atoms with Crippen LogP contribution in [0.2, 0.25) is 0 Å². The fourth-order valence-electron chi connectivity index (χ4n) is 1.17. The van der Waals surface area contributed by atoms with E-state index in [1.165, 1.54) is 0 Å². The standard InChI is InChI=1S/C10H13N3O2S2/c1-8(12-13-10(11)16)7-17(14,15)9-5-3-2-4-6-9/h2-6H,7H2,1H3,(H3,11,13,16)/b12-8+. The Kier molecular flexibility index (Phi) is 4.59. The van der Waals surface area contributed by atoms with Crippen LogP contribution in [0.5, 0.6) is 0 Å². The van der Waals surface area contributed by atoms with E-state index in [2.05, 4.69) is 22.7 Å². The van der Waals surface area contributed by atoms with Crippen LogP contribution in [0.3, 0.4) is 0 Å². The second kappa shape index (κ2) is 5.74. The number of nitrogens with one attached hydrogen (secondary N) is 1. The highest BCUT2D eigenvalue weighted by Crippen LogP contribution is 2.10. The van der Waals surface area contributed by atoms with E-state index in [0.717, 1.165) is 0 Å². The topological polar surface area (TPSA) is 84.5 Å². The summed E-state index contributed by atoms with van der Waals surface area (Å²) in [5.74, 6) is -0.174. The average molecular weight is 271 g/mol. The lowest BCUT2D eigenvalue weighted by Crippen LogP contribution is -2.26. The van der Waals surface area contributed by atoms with Crippen LogP contribution in [0.1, 0.15) is 6.92 Å². The molecular weight excluding hydrogens is 258 g/mol. The first-order chi connectivity index (χ1) is 7.92. The van der Waals surface area contributed by atoms with Gasteiger partial charge in [0.2, 0.25) is 0 Å². The van der Waals surface area contributed by atoms with Gasteiger partial charge < -0.3 is 5.73 Å². The van der Waals surface area contributed by atoms with Crippen molar-refractivity contribution in [1.29, 1.82) is 0 Å². The lowest BCUT2D eigenvalue weighted by Gasteiger charge is -2.04. The smallest absolute Gasteiger partial charge is 0.184 e. The Balaban J connectivity index is 2.81. The largest absolute Gasteiger partial charge is 0.375 e. The molecule has 0 unspecified atom stereocenters. The summed E-state index contributed by atoms with van der Waals surface area (Å²) in [5.41, 5.74) is 7.92. The normalized spacial score (nSPS) is 12.2. The molecule has 92 valence electrons. The Bertz CT molecular complexity index is 524. The number of hydrogen-bond donors (Lipinski definition) is 2. The van der Waals surface area contributed by atoms with Gasteiger partial charge in [0.05, 0.1) is 16.4 Å². The van der Waals surface area contributed by atoms with E-state index < -0.39 is 9.84 Å². The Morgan fingerprint density at radius 2 is 2.00 bits per heavy atom. The molecule has 0 heterocycles. The fraction of sp³-hybridized carbons (Fsp3) is 0.200. The summed E-state index contributed by atoms with van der Waals surface area (Å²) in [6.45, 7) is 1.59.